The summed E-state index contributed by atoms with van der Waals surface area (Å²) in [5, 5.41) is 13.2. The van der Waals surface area contributed by atoms with Gasteiger partial charge in [0.25, 0.3) is 0 Å². The Morgan fingerprint density at radius 1 is 1.16 bits per heavy atom. The number of benzene rings is 2. The first-order valence-corrected chi connectivity index (χ1v) is 8.69. The standard InChI is InChI=1S/C20H21N3O2/c24-18-8-4-7-15(18)20(25)23-19(13-5-2-1-3-6-13)14-9-10-16-17(11-14)22-12-21-16/h1-3,5-6,9-12,15,18-19,24H,4,7-8H2,(H,21,22)(H,23,25). The van der Waals surface area contributed by atoms with E-state index in [0.29, 0.717) is 6.42 Å². The zero-order valence-corrected chi connectivity index (χ0v) is 13.9. The maximum atomic E-state index is 12.7. The van der Waals surface area contributed by atoms with Gasteiger partial charge in [0.1, 0.15) is 0 Å². The zero-order chi connectivity index (χ0) is 17.2. The molecule has 1 amide bonds. The number of imidazole rings is 1. The van der Waals surface area contributed by atoms with Crippen LogP contribution in [0.15, 0.2) is 54.9 Å². The fourth-order valence-electron chi connectivity index (χ4n) is 3.63. The number of carbonyl (C=O) groups excluding carboxylic acids is 1. The third kappa shape index (κ3) is 3.15. The van der Waals surface area contributed by atoms with Crippen LogP contribution in [0.25, 0.3) is 11.0 Å². The topological polar surface area (TPSA) is 78.0 Å². The minimum absolute atomic E-state index is 0.0800. The molecule has 1 heterocycles. The van der Waals surface area contributed by atoms with Gasteiger partial charge in [0.2, 0.25) is 5.91 Å². The number of aliphatic hydroxyl groups is 1. The molecule has 5 nitrogen and oxygen atoms in total. The molecule has 4 rings (SSSR count). The van der Waals surface area contributed by atoms with Gasteiger partial charge in [0.05, 0.1) is 35.4 Å². The number of hydrogen-bond donors (Lipinski definition) is 3. The molecule has 0 radical (unpaired) electrons. The van der Waals surface area contributed by atoms with Crippen LogP contribution in [-0.4, -0.2) is 27.1 Å². The van der Waals surface area contributed by atoms with Gasteiger partial charge < -0.3 is 15.4 Å². The molecule has 0 bridgehead atoms. The minimum Gasteiger partial charge on any atom is -0.392 e. The van der Waals surface area contributed by atoms with Crippen LogP contribution in [0.5, 0.6) is 0 Å². The third-order valence-corrected chi connectivity index (χ3v) is 5.01. The second-order valence-corrected chi connectivity index (χ2v) is 6.64. The first kappa shape index (κ1) is 15.8. The van der Waals surface area contributed by atoms with Gasteiger partial charge in [-0.15, -0.1) is 0 Å². The highest BCUT2D eigenvalue weighted by molar-refractivity contribution is 5.81. The molecule has 5 heteroatoms. The van der Waals surface area contributed by atoms with Crippen LogP contribution in [0, 0.1) is 5.92 Å². The average molecular weight is 335 g/mol. The summed E-state index contributed by atoms with van der Waals surface area (Å²) in [5.74, 6) is -0.398. The maximum absolute atomic E-state index is 12.7. The van der Waals surface area contributed by atoms with E-state index < -0.39 is 6.10 Å². The van der Waals surface area contributed by atoms with Crippen molar-refractivity contribution >= 4 is 16.9 Å². The van der Waals surface area contributed by atoms with E-state index in [2.05, 4.69) is 15.3 Å². The number of H-pyrrole nitrogens is 1. The van der Waals surface area contributed by atoms with Gasteiger partial charge >= 0.3 is 0 Å². The van der Waals surface area contributed by atoms with Crippen molar-refractivity contribution in [2.75, 3.05) is 0 Å². The van der Waals surface area contributed by atoms with E-state index in [1.807, 2.05) is 48.5 Å². The number of nitrogens with zero attached hydrogens (tertiary/aromatic N) is 1. The Morgan fingerprint density at radius 2 is 2.00 bits per heavy atom. The molecular weight excluding hydrogens is 314 g/mol. The molecule has 0 aliphatic heterocycles. The van der Waals surface area contributed by atoms with Gasteiger partial charge in [-0.3, -0.25) is 4.79 Å². The summed E-state index contributed by atoms with van der Waals surface area (Å²) in [6.45, 7) is 0. The molecule has 0 saturated heterocycles. The third-order valence-electron chi connectivity index (χ3n) is 5.01. The number of carbonyl (C=O) groups is 1. The van der Waals surface area contributed by atoms with Crippen LogP contribution in [0.2, 0.25) is 0 Å². The molecule has 1 aliphatic carbocycles. The van der Waals surface area contributed by atoms with Crippen LogP contribution in [0.1, 0.15) is 36.4 Å². The van der Waals surface area contributed by atoms with Gasteiger partial charge in [-0.2, -0.15) is 0 Å². The fourth-order valence-corrected chi connectivity index (χ4v) is 3.63. The Kier molecular flexibility index (Phi) is 4.24. The van der Waals surface area contributed by atoms with Crippen LogP contribution >= 0.6 is 0 Å². The largest absolute Gasteiger partial charge is 0.392 e. The van der Waals surface area contributed by atoms with Crippen molar-refractivity contribution in [1.29, 1.82) is 0 Å². The smallest absolute Gasteiger partial charge is 0.226 e. The molecule has 3 unspecified atom stereocenters. The normalized spacial score (nSPS) is 21.3. The number of aromatic nitrogens is 2. The summed E-state index contributed by atoms with van der Waals surface area (Å²) in [6.07, 6.45) is 3.48. The van der Waals surface area contributed by atoms with Crippen LogP contribution < -0.4 is 5.32 Å². The second kappa shape index (κ2) is 6.69. The quantitative estimate of drug-likeness (QED) is 0.686. The van der Waals surface area contributed by atoms with Crippen LogP contribution in [-0.2, 0) is 4.79 Å². The number of aliphatic hydroxyl groups excluding tert-OH is 1. The Hall–Kier alpha value is -2.66. The number of fused-ring (bicyclic) bond motifs is 1. The summed E-state index contributed by atoms with van der Waals surface area (Å²) < 4.78 is 0. The lowest BCUT2D eigenvalue weighted by molar-refractivity contribution is -0.128. The van der Waals surface area contributed by atoms with E-state index in [1.54, 1.807) is 6.33 Å². The molecular formula is C20H21N3O2. The van der Waals surface area contributed by atoms with E-state index in [1.165, 1.54) is 0 Å². The highest BCUT2D eigenvalue weighted by atomic mass is 16.3. The van der Waals surface area contributed by atoms with Gasteiger partial charge in [-0.25, -0.2) is 4.98 Å². The van der Waals surface area contributed by atoms with E-state index in [0.717, 1.165) is 35.0 Å². The van der Waals surface area contributed by atoms with Crippen LogP contribution in [0.3, 0.4) is 0 Å². The zero-order valence-electron chi connectivity index (χ0n) is 13.9. The minimum atomic E-state index is -0.536. The predicted octanol–water partition coefficient (Wildman–Crippen LogP) is 2.93. The SMILES string of the molecule is O=C(NC(c1ccccc1)c1ccc2nc[nH]c2c1)C1CCCC1O. The average Bonchev–Trinajstić information content (AvgIpc) is 3.28. The van der Waals surface area contributed by atoms with Gasteiger partial charge in [0.15, 0.2) is 0 Å². The summed E-state index contributed by atoms with van der Waals surface area (Å²) in [6, 6.07) is 15.6. The molecule has 1 fully saturated rings. The van der Waals surface area contributed by atoms with E-state index in [-0.39, 0.29) is 17.9 Å². The Morgan fingerprint density at radius 3 is 2.76 bits per heavy atom. The van der Waals surface area contributed by atoms with Crippen molar-refractivity contribution in [3.63, 3.8) is 0 Å². The maximum Gasteiger partial charge on any atom is 0.226 e. The lowest BCUT2D eigenvalue weighted by Gasteiger charge is -2.23. The highest BCUT2D eigenvalue weighted by Gasteiger charge is 2.33. The molecule has 128 valence electrons. The number of rotatable bonds is 4. The van der Waals surface area contributed by atoms with Crippen molar-refractivity contribution in [1.82, 2.24) is 15.3 Å². The van der Waals surface area contributed by atoms with Crippen molar-refractivity contribution in [2.45, 2.75) is 31.4 Å². The van der Waals surface area contributed by atoms with E-state index in [4.69, 9.17) is 0 Å². The lowest BCUT2D eigenvalue weighted by Crippen LogP contribution is -2.37. The number of nitrogens with one attached hydrogen (secondary N) is 2. The Bertz CT molecular complexity index is 875. The van der Waals surface area contributed by atoms with Crippen molar-refractivity contribution in [3.8, 4) is 0 Å². The summed E-state index contributed by atoms with van der Waals surface area (Å²) in [7, 11) is 0. The monoisotopic (exact) mass is 335 g/mol. The predicted molar refractivity (Wildman–Crippen MR) is 95.9 cm³/mol. The second-order valence-electron chi connectivity index (χ2n) is 6.64. The Balaban J connectivity index is 1.67. The lowest BCUT2D eigenvalue weighted by atomic mass is 9.96. The molecule has 25 heavy (non-hydrogen) atoms. The summed E-state index contributed by atoms with van der Waals surface area (Å²) in [4.78, 5) is 20.1. The van der Waals surface area contributed by atoms with Crippen molar-refractivity contribution in [2.24, 2.45) is 5.92 Å². The van der Waals surface area contributed by atoms with E-state index in [9.17, 15) is 9.90 Å². The summed E-state index contributed by atoms with van der Waals surface area (Å²) in [5.41, 5.74) is 3.84. The summed E-state index contributed by atoms with van der Waals surface area (Å²) >= 11 is 0. The fraction of sp³-hybridized carbons (Fsp3) is 0.300. The van der Waals surface area contributed by atoms with Gasteiger partial charge in [0, 0.05) is 0 Å². The first-order valence-electron chi connectivity index (χ1n) is 8.69. The molecule has 1 aromatic heterocycles. The number of hydrogen-bond acceptors (Lipinski definition) is 3. The Labute approximate surface area is 146 Å². The van der Waals surface area contributed by atoms with Crippen molar-refractivity contribution < 1.29 is 9.90 Å². The number of amides is 1. The molecule has 3 aromatic rings. The molecule has 0 spiro atoms. The van der Waals surface area contributed by atoms with E-state index >= 15 is 0 Å². The van der Waals surface area contributed by atoms with Crippen LogP contribution in [0.4, 0.5) is 0 Å². The van der Waals surface area contributed by atoms with Gasteiger partial charge in [-0.05, 0) is 42.5 Å². The highest BCUT2D eigenvalue weighted by Crippen LogP contribution is 2.29. The van der Waals surface area contributed by atoms with Gasteiger partial charge in [-0.1, -0.05) is 36.4 Å². The molecule has 3 atom stereocenters. The molecule has 2 aromatic carbocycles. The van der Waals surface area contributed by atoms with Crippen molar-refractivity contribution in [3.05, 3.63) is 66.0 Å². The number of aromatic amines is 1. The first-order chi connectivity index (χ1) is 12.2. The molecule has 3 N–H and O–H groups in total. The molecule has 1 saturated carbocycles. The molecule has 1 aliphatic rings.